The van der Waals surface area contributed by atoms with Crippen molar-refractivity contribution in [1.82, 2.24) is 16.3 Å². The molecule has 22 heteroatoms. The van der Waals surface area contributed by atoms with Gasteiger partial charge in [0.15, 0.2) is 5.71 Å². The summed E-state index contributed by atoms with van der Waals surface area (Å²) < 4.78 is 50.6. The average molecular weight is 702 g/mol. The molecule has 1 heterocycles. The smallest absolute Gasteiger partial charge is 0.431 e. The van der Waals surface area contributed by atoms with E-state index in [4.69, 9.17) is 25.7 Å². The van der Waals surface area contributed by atoms with Gasteiger partial charge in [-0.1, -0.05) is 30.3 Å². The van der Waals surface area contributed by atoms with E-state index in [0.717, 1.165) is 5.56 Å². The molecule has 10 N–H and O–H groups in total. The second-order valence-electron chi connectivity index (χ2n) is 8.51. The van der Waals surface area contributed by atoms with E-state index in [9.17, 15) is 41.9 Å². The lowest BCUT2D eigenvalue weighted by Gasteiger charge is -2.09. The Balaban J connectivity index is 0.000000709. The van der Waals surface area contributed by atoms with Crippen LogP contribution in [0.1, 0.15) is 44.2 Å². The lowest BCUT2D eigenvalue weighted by molar-refractivity contribution is -0.143. The number of carboxylic acids is 1. The minimum absolute atomic E-state index is 0.0296. The number of esters is 2. The summed E-state index contributed by atoms with van der Waals surface area (Å²) in [6.07, 6.45) is -3.59. The van der Waals surface area contributed by atoms with Crippen LogP contribution in [0.4, 0.5) is 27.6 Å². The lowest BCUT2D eigenvalue weighted by Crippen LogP contribution is -2.32. The summed E-state index contributed by atoms with van der Waals surface area (Å²) in [5.41, 5.74) is 20.0. The Bertz CT molecular complexity index is 1480. The van der Waals surface area contributed by atoms with Crippen LogP contribution in [0.3, 0.4) is 0 Å². The molecule has 0 aliphatic heterocycles. The Morgan fingerprint density at radius 1 is 0.735 bits per heavy atom. The number of hydrazone groups is 3. The highest BCUT2D eigenvalue weighted by Gasteiger charge is 2.37. The second kappa shape index (κ2) is 22.9. The molecule has 19 nitrogen and oxygen atoms in total. The zero-order valence-electron chi connectivity index (χ0n) is 26.0. The van der Waals surface area contributed by atoms with Crippen LogP contribution in [0, 0.1) is 0 Å². The van der Waals surface area contributed by atoms with Crippen molar-refractivity contribution in [1.29, 1.82) is 0 Å². The maximum absolute atomic E-state index is 12.2. The molecule has 0 saturated carbocycles. The topological polar surface area (TPSA) is 305 Å². The molecule has 0 bridgehead atoms. The van der Waals surface area contributed by atoms with Crippen LogP contribution >= 0.6 is 0 Å². The largest absolute Gasteiger partial charge is 0.481 e. The van der Waals surface area contributed by atoms with E-state index in [1.165, 1.54) is 30.9 Å². The molecule has 1 aromatic heterocycles. The predicted molar refractivity (Wildman–Crippen MR) is 165 cm³/mol. The number of hydrogen-bond acceptors (Lipinski definition) is 12. The van der Waals surface area contributed by atoms with Gasteiger partial charge in [-0.25, -0.2) is 30.7 Å². The summed E-state index contributed by atoms with van der Waals surface area (Å²) in [4.78, 5) is 63.9. The molecule has 0 spiro atoms. The van der Waals surface area contributed by atoms with Crippen LogP contribution < -0.4 is 33.5 Å². The maximum Gasteiger partial charge on any atom is 0.431 e. The highest BCUT2D eigenvalue weighted by atomic mass is 19.4. The van der Waals surface area contributed by atoms with Gasteiger partial charge in [-0.15, -0.1) is 0 Å². The van der Waals surface area contributed by atoms with Crippen molar-refractivity contribution < 1.29 is 60.9 Å². The van der Waals surface area contributed by atoms with Crippen LogP contribution in [-0.4, -0.2) is 77.6 Å². The number of nitrogens with two attached hydrogens (primary N) is 3. The number of carboxylic acid groups (broad SMARTS) is 1. The van der Waals surface area contributed by atoms with Crippen molar-refractivity contribution in [2.45, 2.75) is 39.3 Å². The molecular weight excluding hydrogens is 667 g/mol. The van der Waals surface area contributed by atoms with Gasteiger partial charge in [-0.2, -0.15) is 28.5 Å². The first-order valence-electron chi connectivity index (χ1n) is 13.5. The number of ether oxygens (including phenoxy) is 2. The standard InChI is InChI=1S/C12H15N3O3.C8H9N3O4.C7H10F3N3O3/c1-2-18-11(16)8-10(14-15-12(13)17)9-6-4-3-5-7-9;9-8(14)11-10-6(3-7(12)13)5-1-2-15-4-5;1-2-16-5(14)3-4(7(8,9)10)12-13-6(11)15/h3-7H,2,8H2,1H3,(H3,13,15,17);1-2,4H,3H2,(H,12,13)(H3,9,11,14);2-3H2,1H3,(H3,11,13,15)/b14-10-;10-6+;12-4-. The van der Waals surface area contributed by atoms with Crippen LogP contribution in [0.5, 0.6) is 0 Å². The third kappa shape index (κ3) is 21.0. The van der Waals surface area contributed by atoms with Gasteiger partial charge in [0.2, 0.25) is 0 Å². The number of urea groups is 3. The van der Waals surface area contributed by atoms with Crippen molar-refractivity contribution in [3.63, 3.8) is 0 Å². The summed E-state index contributed by atoms with van der Waals surface area (Å²) >= 11 is 0. The van der Waals surface area contributed by atoms with Gasteiger partial charge in [-0.3, -0.25) is 14.4 Å². The Labute approximate surface area is 275 Å². The molecule has 268 valence electrons. The van der Waals surface area contributed by atoms with Crippen LogP contribution in [0.15, 0.2) is 68.6 Å². The first-order valence-corrected chi connectivity index (χ1v) is 13.5. The molecule has 2 aromatic rings. The number of nitrogens with zero attached hydrogens (tertiary/aromatic N) is 3. The molecule has 0 saturated heterocycles. The highest BCUT2D eigenvalue weighted by molar-refractivity contribution is 6.10. The van der Waals surface area contributed by atoms with Crippen LogP contribution in [0.2, 0.25) is 0 Å². The number of carbonyl (C=O) groups excluding carboxylic acids is 5. The summed E-state index contributed by atoms with van der Waals surface area (Å²) in [5.74, 6) is -2.57. The van der Waals surface area contributed by atoms with Gasteiger partial charge >= 0.3 is 42.2 Å². The first-order chi connectivity index (χ1) is 23.0. The molecule has 0 atom stereocenters. The maximum atomic E-state index is 12.2. The highest BCUT2D eigenvalue weighted by Crippen LogP contribution is 2.19. The number of benzene rings is 1. The van der Waals surface area contributed by atoms with Gasteiger partial charge in [0.25, 0.3) is 0 Å². The molecule has 2 rings (SSSR count). The quantitative estimate of drug-likeness (QED) is 0.0900. The second-order valence-corrected chi connectivity index (χ2v) is 8.51. The van der Waals surface area contributed by atoms with E-state index in [0.29, 0.717) is 17.9 Å². The third-order valence-electron chi connectivity index (χ3n) is 4.74. The minimum Gasteiger partial charge on any atom is -0.481 e. The number of primary amides is 3. The van der Waals surface area contributed by atoms with Crippen molar-refractivity contribution in [2.24, 2.45) is 32.5 Å². The van der Waals surface area contributed by atoms with E-state index in [2.05, 4.69) is 31.2 Å². The molecule has 6 amide bonds. The third-order valence-corrected chi connectivity index (χ3v) is 4.74. The van der Waals surface area contributed by atoms with E-state index in [1.807, 2.05) is 11.5 Å². The van der Waals surface area contributed by atoms with Crippen molar-refractivity contribution in [3.8, 4) is 0 Å². The Kier molecular flexibility index (Phi) is 19.9. The SMILES string of the molecule is CCOC(=O)C/C(=N/NC(N)=O)C(F)(F)F.CCOC(=O)C/C(=N/NC(N)=O)c1ccccc1.NC(=O)N/N=C(\CC(=O)O)c1ccoc1. The Morgan fingerprint density at radius 2 is 1.20 bits per heavy atom. The van der Waals surface area contributed by atoms with Gasteiger partial charge in [0, 0.05) is 5.56 Å². The van der Waals surface area contributed by atoms with E-state index >= 15 is 0 Å². The summed E-state index contributed by atoms with van der Waals surface area (Å²) in [7, 11) is 0. The molecule has 0 aliphatic carbocycles. The number of amides is 6. The molecule has 0 radical (unpaired) electrons. The van der Waals surface area contributed by atoms with Crippen molar-refractivity contribution in [3.05, 3.63) is 60.1 Å². The molecule has 0 fully saturated rings. The summed E-state index contributed by atoms with van der Waals surface area (Å²) in [6, 6.07) is 7.64. The number of nitrogens with one attached hydrogen (secondary N) is 3. The summed E-state index contributed by atoms with van der Waals surface area (Å²) in [6.45, 7) is 3.42. The number of carbonyl (C=O) groups is 6. The average Bonchev–Trinajstić information content (AvgIpc) is 3.55. The van der Waals surface area contributed by atoms with E-state index in [-0.39, 0.29) is 25.2 Å². The van der Waals surface area contributed by atoms with Gasteiger partial charge in [0.05, 0.1) is 56.4 Å². The number of rotatable bonds is 13. The van der Waals surface area contributed by atoms with Crippen molar-refractivity contribution >= 4 is 53.1 Å². The zero-order valence-corrected chi connectivity index (χ0v) is 26.0. The molecule has 49 heavy (non-hydrogen) atoms. The molecule has 0 unspecified atom stereocenters. The zero-order chi connectivity index (χ0) is 37.4. The van der Waals surface area contributed by atoms with Gasteiger partial charge in [0.1, 0.15) is 0 Å². The first kappa shape index (κ1) is 42.5. The molecule has 0 aliphatic rings. The van der Waals surface area contributed by atoms with Crippen LogP contribution in [0.25, 0.3) is 0 Å². The van der Waals surface area contributed by atoms with E-state index < -0.39 is 54.3 Å². The Morgan fingerprint density at radius 3 is 1.61 bits per heavy atom. The van der Waals surface area contributed by atoms with Crippen LogP contribution in [-0.2, 0) is 23.9 Å². The number of aliphatic carboxylic acids is 1. The van der Waals surface area contributed by atoms with Gasteiger partial charge < -0.3 is 36.2 Å². The monoisotopic (exact) mass is 701 g/mol. The Hall–Kier alpha value is -6.48. The molecular formula is C27H34F3N9O10. The predicted octanol–water partition coefficient (Wildman–Crippen LogP) is 1.67. The van der Waals surface area contributed by atoms with E-state index in [1.54, 1.807) is 31.2 Å². The van der Waals surface area contributed by atoms with Gasteiger partial charge in [-0.05, 0) is 25.5 Å². The lowest BCUT2D eigenvalue weighted by atomic mass is 10.1. The minimum atomic E-state index is -4.84. The normalized spacial score (nSPS) is 11.3. The fraction of sp³-hybridized carbons (Fsp3) is 0.296. The number of hydrogen-bond donors (Lipinski definition) is 7. The van der Waals surface area contributed by atoms with Crippen molar-refractivity contribution in [2.75, 3.05) is 13.2 Å². The number of halogens is 3. The fourth-order valence-corrected chi connectivity index (χ4v) is 2.88. The molecule has 1 aromatic carbocycles. The number of furan rings is 1. The summed E-state index contributed by atoms with van der Waals surface area (Å²) in [5, 5.41) is 18.6. The number of alkyl halides is 3. The fourth-order valence-electron chi connectivity index (χ4n) is 2.88.